The van der Waals surface area contributed by atoms with Gasteiger partial charge in [-0.15, -0.1) is 0 Å². The van der Waals surface area contributed by atoms with Crippen molar-refractivity contribution in [3.8, 4) is 11.5 Å². The molecule has 0 aliphatic heterocycles. The molecule has 0 unspecified atom stereocenters. The van der Waals surface area contributed by atoms with Gasteiger partial charge in [-0.05, 0) is 30.2 Å². The van der Waals surface area contributed by atoms with Gasteiger partial charge in [0.2, 0.25) is 15.3 Å². The fraction of sp³-hybridized carbons (Fsp3) is 0.250. The fourth-order valence-electron chi connectivity index (χ4n) is 3.00. The molecule has 142 valence electrons. The minimum atomic E-state index is -3.95. The van der Waals surface area contributed by atoms with Gasteiger partial charge in [-0.2, -0.15) is 0 Å². The highest BCUT2D eigenvalue weighted by Gasteiger charge is 2.24. The molecular formula is C20H21NO5S. The van der Waals surface area contributed by atoms with Gasteiger partial charge >= 0.3 is 0 Å². The van der Waals surface area contributed by atoms with E-state index in [0.29, 0.717) is 17.0 Å². The van der Waals surface area contributed by atoms with E-state index in [2.05, 4.69) is 0 Å². The van der Waals surface area contributed by atoms with Crippen LogP contribution in [-0.2, 0) is 23.3 Å². The first kappa shape index (κ1) is 19.0. The first-order chi connectivity index (χ1) is 12.8. The zero-order chi connectivity index (χ0) is 19.8. The number of fused-ring (bicyclic) bond motifs is 1. The zero-order valence-electron chi connectivity index (χ0n) is 15.6. The van der Waals surface area contributed by atoms with Crippen molar-refractivity contribution < 1.29 is 17.9 Å². The van der Waals surface area contributed by atoms with Crippen LogP contribution in [0.5, 0.6) is 11.5 Å². The van der Waals surface area contributed by atoms with Gasteiger partial charge < -0.3 is 14.0 Å². The van der Waals surface area contributed by atoms with Crippen LogP contribution in [0.4, 0.5) is 0 Å². The van der Waals surface area contributed by atoms with Crippen molar-refractivity contribution in [1.29, 1.82) is 0 Å². The summed E-state index contributed by atoms with van der Waals surface area (Å²) in [5, 5.41) is 0.251. The molecule has 7 heteroatoms. The highest BCUT2D eigenvalue weighted by atomic mass is 32.2. The summed E-state index contributed by atoms with van der Waals surface area (Å²) in [4.78, 5) is 12.8. The molecular weight excluding hydrogens is 366 g/mol. The van der Waals surface area contributed by atoms with Crippen molar-refractivity contribution in [2.45, 2.75) is 23.1 Å². The van der Waals surface area contributed by atoms with Crippen LogP contribution in [0.25, 0.3) is 10.9 Å². The number of benzene rings is 2. The Labute approximate surface area is 157 Å². The van der Waals surface area contributed by atoms with E-state index in [9.17, 15) is 13.2 Å². The van der Waals surface area contributed by atoms with E-state index in [1.807, 2.05) is 6.92 Å². The van der Waals surface area contributed by atoms with E-state index in [1.165, 1.54) is 38.6 Å². The van der Waals surface area contributed by atoms with Crippen LogP contribution in [0.2, 0.25) is 0 Å². The van der Waals surface area contributed by atoms with Crippen LogP contribution < -0.4 is 14.9 Å². The fourth-order valence-corrected chi connectivity index (χ4v) is 4.40. The Morgan fingerprint density at radius 2 is 1.59 bits per heavy atom. The molecule has 2 aromatic carbocycles. The number of aromatic nitrogens is 1. The molecule has 0 aliphatic rings. The molecule has 0 saturated heterocycles. The van der Waals surface area contributed by atoms with Crippen molar-refractivity contribution in [3.05, 3.63) is 58.4 Å². The number of aryl methyl sites for hydroxylation is 2. The summed E-state index contributed by atoms with van der Waals surface area (Å²) >= 11 is 0. The van der Waals surface area contributed by atoms with Crippen LogP contribution in [0.3, 0.4) is 0 Å². The summed E-state index contributed by atoms with van der Waals surface area (Å²) in [6.45, 7) is 1.99. The molecule has 1 aromatic heterocycles. The normalized spacial score (nSPS) is 11.6. The minimum Gasteiger partial charge on any atom is -0.493 e. The lowest BCUT2D eigenvalue weighted by molar-refractivity contribution is 0.355. The van der Waals surface area contributed by atoms with E-state index in [0.717, 1.165) is 12.0 Å². The standard InChI is InChI=1S/C20H21NO5S/c1-5-13-6-8-14(9-7-13)27(23,24)19-12-21(2)16-11-18(26-4)17(25-3)10-15(16)20(19)22/h6-12H,5H2,1-4H3. The molecule has 0 spiro atoms. The highest BCUT2D eigenvalue weighted by Crippen LogP contribution is 2.31. The summed E-state index contributed by atoms with van der Waals surface area (Å²) in [6, 6.07) is 9.75. The van der Waals surface area contributed by atoms with Crippen LogP contribution >= 0.6 is 0 Å². The number of hydrogen-bond donors (Lipinski definition) is 0. The lowest BCUT2D eigenvalue weighted by Crippen LogP contribution is -2.18. The number of sulfone groups is 1. The first-order valence-electron chi connectivity index (χ1n) is 8.42. The molecule has 0 bridgehead atoms. The number of methoxy groups -OCH3 is 2. The summed E-state index contributed by atoms with van der Waals surface area (Å²) in [6.07, 6.45) is 2.15. The lowest BCUT2D eigenvalue weighted by atomic mass is 10.2. The molecule has 27 heavy (non-hydrogen) atoms. The van der Waals surface area contributed by atoms with Crippen molar-refractivity contribution in [1.82, 2.24) is 4.57 Å². The number of rotatable bonds is 5. The predicted molar refractivity (Wildman–Crippen MR) is 104 cm³/mol. The predicted octanol–water partition coefficient (Wildman–Crippen LogP) is 2.95. The van der Waals surface area contributed by atoms with Crippen molar-refractivity contribution >= 4 is 20.7 Å². The average Bonchev–Trinajstić information content (AvgIpc) is 2.69. The van der Waals surface area contributed by atoms with Gasteiger partial charge in [-0.3, -0.25) is 4.79 Å². The van der Waals surface area contributed by atoms with Gasteiger partial charge in [0, 0.05) is 19.3 Å². The summed E-state index contributed by atoms with van der Waals surface area (Å²) in [7, 11) is 0.701. The van der Waals surface area contributed by atoms with Gasteiger partial charge in [0.1, 0.15) is 4.90 Å². The minimum absolute atomic E-state index is 0.0941. The molecule has 0 aliphatic carbocycles. The Morgan fingerprint density at radius 3 is 2.15 bits per heavy atom. The van der Waals surface area contributed by atoms with E-state index in [1.54, 1.807) is 29.8 Å². The largest absolute Gasteiger partial charge is 0.493 e. The van der Waals surface area contributed by atoms with E-state index in [-0.39, 0.29) is 15.2 Å². The maximum Gasteiger partial charge on any atom is 0.211 e. The summed E-state index contributed by atoms with van der Waals surface area (Å²) in [5.74, 6) is 0.828. The molecule has 0 saturated carbocycles. The number of hydrogen-bond acceptors (Lipinski definition) is 5. The van der Waals surface area contributed by atoms with E-state index in [4.69, 9.17) is 9.47 Å². The number of nitrogens with zero attached hydrogens (tertiary/aromatic N) is 1. The third kappa shape index (κ3) is 3.19. The Bertz CT molecular complexity index is 1160. The first-order valence-corrected chi connectivity index (χ1v) is 9.91. The van der Waals surface area contributed by atoms with Crippen molar-refractivity contribution in [2.24, 2.45) is 7.05 Å². The highest BCUT2D eigenvalue weighted by molar-refractivity contribution is 7.91. The Hall–Kier alpha value is -2.80. The maximum absolute atomic E-state index is 13.1. The van der Waals surface area contributed by atoms with Crippen LogP contribution in [0.1, 0.15) is 12.5 Å². The molecule has 0 fully saturated rings. The second-order valence-corrected chi connectivity index (χ2v) is 8.08. The summed E-state index contributed by atoms with van der Waals surface area (Å²) < 4.78 is 38.2. The van der Waals surface area contributed by atoms with Crippen molar-refractivity contribution in [2.75, 3.05) is 14.2 Å². The van der Waals surface area contributed by atoms with E-state index < -0.39 is 15.3 Å². The van der Waals surface area contributed by atoms with Gasteiger partial charge in [0.05, 0.1) is 30.0 Å². The molecule has 0 radical (unpaired) electrons. The van der Waals surface area contributed by atoms with Gasteiger partial charge in [0.25, 0.3) is 0 Å². The molecule has 6 nitrogen and oxygen atoms in total. The third-order valence-corrected chi connectivity index (χ3v) is 6.36. The second kappa shape index (κ2) is 7.08. The Kier molecular flexibility index (Phi) is 4.97. The topological polar surface area (TPSA) is 74.6 Å². The monoisotopic (exact) mass is 387 g/mol. The molecule has 1 heterocycles. The second-order valence-electron chi connectivity index (χ2n) is 6.16. The smallest absolute Gasteiger partial charge is 0.211 e. The Morgan fingerprint density at radius 1 is 1.00 bits per heavy atom. The number of pyridine rings is 1. The summed E-state index contributed by atoms with van der Waals surface area (Å²) in [5.41, 5.74) is 1.01. The number of ether oxygens (including phenoxy) is 2. The average molecular weight is 387 g/mol. The molecule has 3 rings (SSSR count). The quantitative estimate of drug-likeness (QED) is 0.673. The maximum atomic E-state index is 13.1. The zero-order valence-corrected chi connectivity index (χ0v) is 16.5. The molecule has 0 amide bonds. The SMILES string of the molecule is CCc1ccc(S(=O)(=O)c2cn(C)c3cc(OC)c(OC)cc3c2=O)cc1. The molecule has 0 atom stereocenters. The molecule has 0 N–H and O–H groups in total. The Balaban J connectivity index is 2.28. The van der Waals surface area contributed by atoms with E-state index >= 15 is 0 Å². The van der Waals surface area contributed by atoms with Crippen molar-refractivity contribution in [3.63, 3.8) is 0 Å². The van der Waals surface area contributed by atoms with Crippen LogP contribution in [0.15, 0.2) is 57.2 Å². The third-order valence-electron chi connectivity index (χ3n) is 4.59. The molecule has 3 aromatic rings. The van der Waals surface area contributed by atoms with Crippen LogP contribution in [-0.4, -0.2) is 27.2 Å². The lowest BCUT2D eigenvalue weighted by Gasteiger charge is -2.13. The van der Waals surface area contributed by atoms with Gasteiger partial charge in [0.15, 0.2) is 11.5 Å². The van der Waals surface area contributed by atoms with Gasteiger partial charge in [-0.1, -0.05) is 19.1 Å². The van der Waals surface area contributed by atoms with Crippen LogP contribution in [0, 0.1) is 0 Å². The van der Waals surface area contributed by atoms with Gasteiger partial charge in [-0.25, -0.2) is 8.42 Å².